The van der Waals surface area contributed by atoms with E-state index in [1.165, 1.54) is 0 Å². The maximum absolute atomic E-state index is 12.5. The third-order valence-corrected chi connectivity index (χ3v) is 4.16. The number of nitrogens with zero attached hydrogens (tertiary/aromatic N) is 2. The molecule has 2 aromatic rings. The number of ketones is 1. The Labute approximate surface area is 138 Å². The number of H-pyrrole nitrogens is 1. The number of nitrogens with one attached hydrogen (secondary N) is 2. The third-order valence-electron chi connectivity index (χ3n) is 4.16. The van der Waals surface area contributed by atoms with Crippen molar-refractivity contribution in [3.63, 3.8) is 0 Å². The summed E-state index contributed by atoms with van der Waals surface area (Å²) in [5, 5.41) is 2.95. The Morgan fingerprint density at radius 2 is 2.21 bits per heavy atom. The van der Waals surface area contributed by atoms with Gasteiger partial charge in [-0.2, -0.15) is 0 Å². The first-order valence-corrected chi connectivity index (χ1v) is 7.89. The van der Waals surface area contributed by atoms with Crippen LogP contribution in [0.15, 0.2) is 41.7 Å². The Hall–Kier alpha value is -2.64. The van der Waals surface area contributed by atoms with Crippen molar-refractivity contribution in [2.75, 3.05) is 26.3 Å². The molecule has 0 saturated carbocycles. The predicted octanol–water partition coefficient (Wildman–Crippen LogP) is 1.57. The highest BCUT2D eigenvalue weighted by Gasteiger charge is 2.29. The minimum Gasteiger partial charge on any atom is -0.435 e. The van der Waals surface area contributed by atoms with Crippen molar-refractivity contribution in [2.45, 2.75) is 6.92 Å². The summed E-state index contributed by atoms with van der Waals surface area (Å²) >= 11 is 0. The van der Waals surface area contributed by atoms with Gasteiger partial charge in [0.25, 0.3) is 0 Å². The molecule has 0 atom stereocenters. The van der Waals surface area contributed by atoms with Crippen LogP contribution in [-0.4, -0.2) is 47.1 Å². The monoisotopic (exact) mass is 326 g/mol. The first-order chi connectivity index (χ1) is 11.7. The molecule has 0 aliphatic carbocycles. The van der Waals surface area contributed by atoms with Crippen molar-refractivity contribution in [1.82, 2.24) is 20.4 Å². The first kappa shape index (κ1) is 14.9. The van der Waals surface area contributed by atoms with Crippen molar-refractivity contribution < 1.29 is 14.3 Å². The Balaban J connectivity index is 1.56. The van der Waals surface area contributed by atoms with Crippen LogP contribution in [0.3, 0.4) is 0 Å². The molecule has 7 nitrogen and oxygen atoms in total. The van der Waals surface area contributed by atoms with Gasteiger partial charge in [-0.1, -0.05) is 0 Å². The van der Waals surface area contributed by atoms with Gasteiger partial charge in [0.15, 0.2) is 5.76 Å². The zero-order valence-electron chi connectivity index (χ0n) is 13.3. The van der Waals surface area contributed by atoms with E-state index < -0.39 is 0 Å². The second-order valence-corrected chi connectivity index (χ2v) is 5.75. The van der Waals surface area contributed by atoms with Gasteiger partial charge in [-0.15, -0.1) is 0 Å². The van der Waals surface area contributed by atoms with Gasteiger partial charge < -0.3 is 14.5 Å². The van der Waals surface area contributed by atoms with Gasteiger partial charge in [0.2, 0.25) is 11.7 Å². The van der Waals surface area contributed by atoms with Crippen LogP contribution < -0.4 is 5.43 Å². The van der Waals surface area contributed by atoms with Crippen LogP contribution in [0.4, 0.5) is 0 Å². The molecule has 0 aromatic carbocycles. The number of Topliss-reactive ketones (excluding diaryl/α,β-unsaturated/α-hetero) is 1. The second-order valence-electron chi connectivity index (χ2n) is 5.75. The van der Waals surface area contributed by atoms with Gasteiger partial charge in [0, 0.05) is 36.4 Å². The first-order valence-electron chi connectivity index (χ1n) is 7.89. The number of aromatic amines is 1. The summed E-state index contributed by atoms with van der Waals surface area (Å²) in [6.45, 7) is 4.60. The highest BCUT2D eigenvalue weighted by Crippen LogP contribution is 2.27. The number of morpholine rings is 1. The SMILES string of the molecule is CC1=C(NN2CCOCC2)O/C(=C\c2c[nH]c3ncccc23)C1=O. The number of hydrazine groups is 1. The molecule has 24 heavy (non-hydrogen) atoms. The Bertz CT molecular complexity index is 846. The summed E-state index contributed by atoms with van der Waals surface area (Å²) in [6.07, 6.45) is 5.30. The average Bonchev–Trinajstić information content (AvgIpc) is 3.13. The molecule has 0 bridgehead atoms. The number of ether oxygens (including phenoxy) is 2. The topological polar surface area (TPSA) is 79.5 Å². The molecule has 0 amide bonds. The summed E-state index contributed by atoms with van der Waals surface area (Å²) in [4.78, 5) is 19.8. The number of pyridine rings is 1. The van der Waals surface area contributed by atoms with Crippen molar-refractivity contribution >= 4 is 22.9 Å². The average molecular weight is 326 g/mol. The minimum atomic E-state index is -0.107. The number of hydrogen-bond acceptors (Lipinski definition) is 6. The number of carbonyl (C=O) groups excluding carboxylic acids is 1. The largest absolute Gasteiger partial charge is 0.435 e. The van der Waals surface area contributed by atoms with Crippen LogP contribution in [0.25, 0.3) is 17.1 Å². The fraction of sp³-hybridized carbons (Fsp3) is 0.294. The van der Waals surface area contributed by atoms with Gasteiger partial charge in [-0.3, -0.25) is 10.2 Å². The van der Waals surface area contributed by atoms with Gasteiger partial charge >= 0.3 is 0 Å². The lowest BCUT2D eigenvalue weighted by atomic mass is 10.1. The lowest BCUT2D eigenvalue weighted by Crippen LogP contribution is -2.45. The molecule has 1 saturated heterocycles. The van der Waals surface area contributed by atoms with Gasteiger partial charge in [0.1, 0.15) is 5.65 Å². The van der Waals surface area contributed by atoms with Gasteiger partial charge in [0.05, 0.1) is 18.8 Å². The van der Waals surface area contributed by atoms with Crippen LogP contribution in [-0.2, 0) is 14.3 Å². The van der Waals surface area contributed by atoms with Gasteiger partial charge in [-0.05, 0) is 25.1 Å². The number of aromatic nitrogens is 2. The number of carbonyl (C=O) groups is 1. The molecule has 4 heterocycles. The lowest BCUT2D eigenvalue weighted by molar-refractivity contribution is -0.113. The number of allylic oxidation sites excluding steroid dienone is 1. The molecule has 2 N–H and O–H groups in total. The molecular formula is C17H18N4O3. The van der Waals surface area contributed by atoms with E-state index in [1.807, 2.05) is 23.3 Å². The van der Waals surface area contributed by atoms with Crippen LogP contribution >= 0.6 is 0 Å². The van der Waals surface area contributed by atoms with Crippen LogP contribution in [0.1, 0.15) is 12.5 Å². The van der Waals surface area contributed by atoms with E-state index in [1.54, 1.807) is 19.2 Å². The fourth-order valence-corrected chi connectivity index (χ4v) is 2.78. The molecule has 4 rings (SSSR count). The highest BCUT2D eigenvalue weighted by atomic mass is 16.5. The quantitative estimate of drug-likeness (QED) is 0.834. The second kappa shape index (κ2) is 6.10. The maximum atomic E-state index is 12.5. The smallest absolute Gasteiger partial charge is 0.229 e. The van der Waals surface area contributed by atoms with E-state index in [9.17, 15) is 4.79 Å². The van der Waals surface area contributed by atoms with E-state index in [2.05, 4.69) is 15.4 Å². The lowest BCUT2D eigenvalue weighted by Gasteiger charge is -2.27. The molecule has 0 radical (unpaired) electrons. The van der Waals surface area contributed by atoms with E-state index in [0.717, 1.165) is 29.7 Å². The number of fused-ring (bicyclic) bond motifs is 1. The summed E-state index contributed by atoms with van der Waals surface area (Å²) in [7, 11) is 0. The normalized spacial score (nSPS) is 20.9. The summed E-state index contributed by atoms with van der Waals surface area (Å²) in [5.74, 6) is 0.697. The van der Waals surface area contributed by atoms with Crippen LogP contribution in [0, 0.1) is 0 Å². The van der Waals surface area contributed by atoms with Crippen LogP contribution in [0.2, 0.25) is 0 Å². The fourth-order valence-electron chi connectivity index (χ4n) is 2.78. The summed E-state index contributed by atoms with van der Waals surface area (Å²) in [5.41, 5.74) is 5.41. The molecular weight excluding hydrogens is 308 g/mol. The molecule has 124 valence electrons. The third kappa shape index (κ3) is 2.68. The summed E-state index contributed by atoms with van der Waals surface area (Å²) < 4.78 is 11.1. The number of hydrogen-bond donors (Lipinski definition) is 2. The Morgan fingerprint density at radius 3 is 3.04 bits per heavy atom. The van der Waals surface area contributed by atoms with E-state index in [-0.39, 0.29) is 5.78 Å². The van der Waals surface area contributed by atoms with Gasteiger partial charge in [-0.25, -0.2) is 9.99 Å². The Morgan fingerprint density at radius 1 is 1.38 bits per heavy atom. The molecule has 0 spiro atoms. The van der Waals surface area contributed by atoms with Crippen molar-refractivity contribution in [3.05, 3.63) is 47.3 Å². The molecule has 1 fully saturated rings. The molecule has 2 aliphatic rings. The maximum Gasteiger partial charge on any atom is 0.229 e. The van der Waals surface area contributed by atoms with E-state index in [0.29, 0.717) is 30.4 Å². The highest BCUT2D eigenvalue weighted by molar-refractivity contribution is 6.12. The molecule has 0 unspecified atom stereocenters. The number of rotatable bonds is 3. The van der Waals surface area contributed by atoms with Crippen molar-refractivity contribution in [2.24, 2.45) is 0 Å². The minimum absolute atomic E-state index is 0.107. The zero-order chi connectivity index (χ0) is 16.5. The van der Waals surface area contributed by atoms with E-state index in [4.69, 9.17) is 9.47 Å². The molecule has 2 aliphatic heterocycles. The zero-order valence-corrected chi connectivity index (χ0v) is 13.3. The van der Waals surface area contributed by atoms with Crippen molar-refractivity contribution in [1.29, 1.82) is 0 Å². The predicted molar refractivity (Wildman–Crippen MR) is 88.4 cm³/mol. The van der Waals surface area contributed by atoms with Crippen molar-refractivity contribution in [3.8, 4) is 0 Å². The van der Waals surface area contributed by atoms with Crippen LogP contribution in [0.5, 0.6) is 0 Å². The van der Waals surface area contributed by atoms with E-state index >= 15 is 0 Å². The molecule has 2 aromatic heterocycles. The molecule has 7 heteroatoms. The summed E-state index contributed by atoms with van der Waals surface area (Å²) in [6, 6.07) is 3.82. The standard InChI is InChI=1S/C17H18N4O3/c1-11-15(22)14(24-17(11)20-21-5-7-23-8-6-21)9-12-10-19-16-13(12)3-2-4-18-16/h2-4,9-10,20H,5-8H2,1H3,(H,18,19)/b14-9-. The Kier molecular flexibility index (Phi) is 3.79.